The first kappa shape index (κ1) is 32.4. The van der Waals surface area contributed by atoms with E-state index < -0.39 is 5.91 Å². The zero-order chi connectivity index (χ0) is 34.1. The number of para-hydroxylation sites is 1. The molecule has 3 amide bonds. The highest BCUT2D eigenvalue weighted by Crippen LogP contribution is 2.28. The number of nitrogens with zero attached hydrogens (tertiary/aromatic N) is 8. The molecule has 0 saturated heterocycles. The molecule has 6 aromatic rings. The SMILES string of the molecule is CCn1nc(C)cc1C(=O)Nc1nc2cc(C(N)=O)ccc2n1C/C=C/Cn1c(NC(=O)c2cc(C)nn2CC)nc2cccc(Br)c21. The van der Waals surface area contributed by atoms with Crippen LogP contribution in [0.3, 0.4) is 0 Å². The maximum Gasteiger partial charge on any atom is 0.276 e. The van der Waals surface area contributed by atoms with Crippen molar-refractivity contribution in [2.24, 2.45) is 5.73 Å². The summed E-state index contributed by atoms with van der Waals surface area (Å²) in [7, 11) is 0. The van der Waals surface area contributed by atoms with Gasteiger partial charge in [0.05, 0.1) is 33.5 Å². The second-order valence-electron chi connectivity index (χ2n) is 11.1. The number of carbonyl (C=O) groups excluding carboxylic acids is 3. The number of amides is 3. The third-order valence-electron chi connectivity index (χ3n) is 7.81. The van der Waals surface area contributed by atoms with Crippen molar-refractivity contribution in [2.75, 3.05) is 10.6 Å². The summed E-state index contributed by atoms with van der Waals surface area (Å²) in [6, 6.07) is 14.1. The summed E-state index contributed by atoms with van der Waals surface area (Å²) in [5.74, 6) is -0.558. The normalized spacial score (nSPS) is 11.6. The van der Waals surface area contributed by atoms with Gasteiger partial charge in [-0.1, -0.05) is 18.2 Å². The van der Waals surface area contributed by atoms with Crippen molar-refractivity contribution in [3.63, 3.8) is 0 Å². The fraction of sp³-hybridized carbons (Fsp3) is 0.242. The molecule has 48 heavy (non-hydrogen) atoms. The number of nitrogens with one attached hydrogen (secondary N) is 2. The molecule has 0 radical (unpaired) electrons. The largest absolute Gasteiger partial charge is 0.366 e. The van der Waals surface area contributed by atoms with E-state index in [2.05, 4.69) is 41.7 Å². The van der Waals surface area contributed by atoms with Crippen LogP contribution in [0, 0.1) is 13.8 Å². The van der Waals surface area contributed by atoms with E-state index >= 15 is 0 Å². The molecule has 0 spiro atoms. The lowest BCUT2D eigenvalue weighted by Gasteiger charge is -2.10. The standard InChI is InChI=1S/C33H34BrN11O3/c1-5-44-26(16-19(3)40-44)30(47)38-32-37-24-18-21(29(35)46)12-13-25(24)42(32)14-7-8-15-43-28-22(34)10-9-11-23(28)36-33(43)39-31(48)27-17-20(4)41-45(27)6-2/h7-13,16-18H,5-6,14-15H2,1-4H3,(H2,35,46)(H,36,39,48)(H,37,38,47)/b8-7+. The molecule has 15 heteroatoms. The maximum atomic E-state index is 13.4. The highest BCUT2D eigenvalue weighted by Gasteiger charge is 2.20. The van der Waals surface area contributed by atoms with Crippen LogP contribution in [0.25, 0.3) is 22.1 Å². The molecule has 0 aliphatic heterocycles. The Hall–Kier alpha value is -5.57. The molecule has 0 saturated carbocycles. The van der Waals surface area contributed by atoms with Crippen molar-refractivity contribution in [3.05, 3.63) is 93.5 Å². The van der Waals surface area contributed by atoms with Crippen LogP contribution < -0.4 is 16.4 Å². The average Bonchev–Trinajstić information content (AvgIpc) is 3.81. The number of imidazole rings is 2. The number of benzene rings is 2. The molecule has 4 heterocycles. The first-order valence-electron chi connectivity index (χ1n) is 15.4. The van der Waals surface area contributed by atoms with Crippen molar-refractivity contribution in [2.45, 2.75) is 53.9 Å². The number of hydrogen-bond donors (Lipinski definition) is 3. The van der Waals surface area contributed by atoms with Gasteiger partial charge < -0.3 is 14.9 Å². The molecule has 0 atom stereocenters. The fourth-order valence-electron chi connectivity index (χ4n) is 5.61. The predicted molar refractivity (Wildman–Crippen MR) is 186 cm³/mol. The summed E-state index contributed by atoms with van der Waals surface area (Å²) < 4.78 is 7.86. The number of anilines is 2. The Morgan fingerprint density at radius 1 is 0.792 bits per heavy atom. The number of allylic oxidation sites excluding steroid dienone is 2. The molecule has 0 aliphatic carbocycles. The number of aromatic nitrogens is 8. The van der Waals surface area contributed by atoms with Gasteiger partial charge in [0.2, 0.25) is 17.8 Å². The zero-order valence-electron chi connectivity index (χ0n) is 26.9. The molecule has 4 aromatic heterocycles. The third-order valence-corrected chi connectivity index (χ3v) is 8.45. The van der Waals surface area contributed by atoms with E-state index in [-0.39, 0.29) is 11.8 Å². The number of halogens is 1. The number of hydrogen-bond acceptors (Lipinski definition) is 7. The fourth-order valence-corrected chi connectivity index (χ4v) is 6.18. The van der Waals surface area contributed by atoms with Crippen molar-refractivity contribution < 1.29 is 14.4 Å². The quantitative estimate of drug-likeness (QED) is 0.158. The van der Waals surface area contributed by atoms with E-state index in [1.807, 2.05) is 67.2 Å². The van der Waals surface area contributed by atoms with E-state index in [0.29, 0.717) is 71.6 Å². The van der Waals surface area contributed by atoms with Crippen LogP contribution >= 0.6 is 15.9 Å². The Kier molecular flexibility index (Phi) is 8.95. The molecule has 14 nitrogen and oxygen atoms in total. The molecule has 4 N–H and O–H groups in total. The van der Waals surface area contributed by atoms with Crippen LogP contribution in [0.1, 0.15) is 56.6 Å². The predicted octanol–water partition coefficient (Wildman–Crippen LogP) is 5.06. The topological polar surface area (TPSA) is 173 Å². The summed E-state index contributed by atoms with van der Waals surface area (Å²) in [5.41, 5.74) is 10.9. The summed E-state index contributed by atoms with van der Waals surface area (Å²) in [6.45, 7) is 9.30. The summed E-state index contributed by atoms with van der Waals surface area (Å²) in [4.78, 5) is 47.9. The van der Waals surface area contributed by atoms with Crippen LogP contribution in [-0.2, 0) is 26.2 Å². The molecule has 2 aromatic carbocycles. The lowest BCUT2D eigenvalue weighted by Crippen LogP contribution is -2.20. The van der Waals surface area contributed by atoms with Crippen LogP contribution in [0.5, 0.6) is 0 Å². The lowest BCUT2D eigenvalue weighted by molar-refractivity contribution is 0.0995. The zero-order valence-corrected chi connectivity index (χ0v) is 28.4. The number of primary amides is 1. The maximum absolute atomic E-state index is 13.4. The van der Waals surface area contributed by atoms with Crippen molar-refractivity contribution in [1.82, 2.24) is 38.7 Å². The molecular formula is C33H34BrN11O3. The van der Waals surface area contributed by atoms with Gasteiger partial charge in [-0.05, 0) is 86.1 Å². The summed E-state index contributed by atoms with van der Waals surface area (Å²) >= 11 is 3.64. The third kappa shape index (κ3) is 6.23. The number of carbonyl (C=O) groups is 3. The van der Waals surface area contributed by atoms with Gasteiger partial charge >= 0.3 is 0 Å². The molecule has 0 unspecified atom stereocenters. The van der Waals surface area contributed by atoms with E-state index in [1.54, 1.807) is 39.7 Å². The minimum atomic E-state index is -0.574. The Bertz CT molecular complexity index is 2240. The van der Waals surface area contributed by atoms with Crippen molar-refractivity contribution >= 4 is 67.6 Å². The molecule has 6 rings (SSSR count). The van der Waals surface area contributed by atoms with Gasteiger partial charge in [0.25, 0.3) is 11.8 Å². The highest BCUT2D eigenvalue weighted by molar-refractivity contribution is 9.10. The Morgan fingerprint density at radius 3 is 1.94 bits per heavy atom. The average molecular weight is 713 g/mol. The second kappa shape index (κ2) is 13.3. The minimum absolute atomic E-state index is 0.300. The molecule has 0 fully saturated rings. The van der Waals surface area contributed by atoms with E-state index in [9.17, 15) is 14.4 Å². The van der Waals surface area contributed by atoms with E-state index in [1.165, 1.54) is 0 Å². The number of nitrogens with two attached hydrogens (primary N) is 1. The van der Waals surface area contributed by atoms with E-state index in [4.69, 9.17) is 10.7 Å². The van der Waals surface area contributed by atoms with Crippen LogP contribution in [0.15, 0.2) is 65.2 Å². The van der Waals surface area contributed by atoms with Gasteiger partial charge in [0.15, 0.2) is 0 Å². The monoisotopic (exact) mass is 711 g/mol. The van der Waals surface area contributed by atoms with Gasteiger partial charge in [0.1, 0.15) is 11.4 Å². The van der Waals surface area contributed by atoms with Crippen molar-refractivity contribution in [1.29, 1.82) is 0 Å². The molecular weight excluding hydrogens is 678 g/mol. The van der Waals surface area contributed by atoms with Gasteiger partial charge in [0, 0.05) is 36.2 Å². The number of aryl methyl sites for hydroxylation is 4. The number of fused-ring (bicyclic) bond motifs is 2. The van der Waals surface area contributed by atoms with Crippen molar-refractivity contribution in [3.8, 4) is 0 Å². The van der Waals surface area contributed by atoms with E-state index in [0.717, 1.165) is 21.4 Å². The summed E-state index contributed by atoms with van der Waals surface area (Å²) in [6.07, 6.45) is 3.88. The summed E-state index contributed by atoms with van der Waals surface area (Å²) in [5, 5.41) is 14.7. The lowest BCUT2D eigenvalue weighted by atomic mass is 10.2. The Balaban J connectivity index is 1.31. The Morgan fingerprint density at radius 2 is 1.35 bits per heavy atom. The smallest absolute Gasteiger partial charge is 0.276 e. The van der Waals surface area contributed by atoms with Crippen LogP contribution in [-0.4, -0.2) is 56.4 Å². The molecule has 0 bridgehead atoms. The minimum Gasteiger partial charge on any atom is -0.366 e. The Labute approximate surface area is 283 Å². The van der Waals surface area contributed by atoms with Gasteiger partial charge in [-0.15, -0.1) is 0 Å². The van der Waals surface area contributed by atoms with Crippen LogP contribution in [0.4, 0.5) is 11.9 Å². The first-order valence-corrected chi connectivity index (χ1v) is 16.2. The molecule has 246 valence electrons. The first-order chi connectivity index (χ1) is 23.1. The van der Waals surface area contributed by atoms with Gasteiger partial charge in [-0.2, -0.15) is 10.2 Å². The second-order valence-corrected chi connectivity index (χ2v) is 12.0. The number of rotatable bonds is 11. The highest BCUT2D eigenvalue weighted by atomic mass is 79.9. The van der Waals surface area contributed by atoms with Gasteiger partial charge in [-0.25, -0.2) is 9.97 Å². The molecule has 0 aliphatic rings. The van der Waals surface area contributed by atoms with Crippen LogP contribution in [0.2, 0.25) is 0 Å². The van der Waals surface area contributed by atoms with Gasteiger partial charge in [-0.3, -0.25) is 34.4 Å².